The molecule has 3 nitrogen and oxygen atoms in total. The van der Waals surface area contributed by atoms with Gasteiger partial charge in [-0.3, -0.25) is 9.78 Å². The molecular formula is C19H26N2O. The van der Waals surface area contributed by atoms with Gasteiger partial charge in [0, 0.05) is 18.7 Å². The minimum absolute atomic E-state index is 0.155. The lowest BCUT2D eigenvalue weighted by molar-refractivity contribution is -0.137. The topological polar surface area (TPSA) is 33.2 Å². The van der Waals surface area contributed by atoms with Gasteiger partial charge in [0.1, 0.15) is 0 Å². The Labute approximate surface area is 133 Å². The molecular weight excluding hydrogens is 272 g/mol. The van der Waals surface area contributed by atoms with Crippen molar-refractivity contribution in [2.24, 2.45) is 5.92 Å². The highest BCUT2D eigenvalue weighted by Crippen LogP contribution is 2.35. The molecule has 1 amide bonds. The standard InChI is InChI=1S/C19H26N2O/c1-14(2)21(18(22)13-15-7-3-4-8-15)17-11-5-9-16-10-6-12-20-19(16)17/h3,6-7,10,12,14-15,17H,4-5,8-9,11,13H2,1-2H3/t15-,17-/m0/s1. The van der Waals surface area contributed by atoms with Crippen molar-refractivity contribution in [3.05, 3.63) is 41.7 Å². The van der Waals surface area contributed by atoms with Gasteiger partial charge in [0.05, 0.1) is 11.7 Å². The van der Waals surface area contributed by atoms with Gasteiger partial charge in [0.2, 0.25) is 5.91 Å². The highest BCUT2D eigenvalue weighted by atomic mass is 16.2. The van der Waals surface area contributed by atoms with Crippen LogP contribution in [0.15, 0.2) is 30.5 Å². The Bertz CT molecular complexity index is 564. The molecule has 0 saturated carbocycles. The second-order valence-corrected chi connectivity index (χ2v) is 6.82. The second kappa shape index (κ2) is 6.64. The van der Waals surface area contributed by atoms with Crippen molar-refractivity contribution in [3.63, 3.8) is 0 Å². The number of nitrogens with zero attached hydrogens (tertiary/aromatic N) is 2. The lowest BCUT2D eigenvalue weighted by Gasteiger charge is -2.38. The lowest BCUT2D eigenvalue weighted by atomic mass is 9.89. The van der Waals surface area contributed by atoms with Gasteiger partial charge < -0.3 is 4.90 Å². The number of carbonyl (C=O) groups is 1. The Kier molecular flexibility index (Phi) is 4.60. The molecule has 0 aliphatic heterocycles. The number of carbonyl (C=O) groups excluding carboxylic acids is 1. The van der Waals surface area contributed by atoms with Crippen LogP contribution in [0.5, 0.6) is 0 Å². The molecule has 118 valence electrons. The molecule has 0 radical (unpaired) electrons. The molecule has 2 aliphatic carbocycles. The van der Waals surface area contributed by atoms with Gasteiger partial charge in [0.15, 0.2) is 0 Å². The van der Waals surface area contributed by atoms with Crippen LogP contribution in [0.2, 0.25) is 0 Å². The highest BCUT2D eigenvalue weighted by Gasteiger charge is 2.32. The fourth-order valence-electron chi connectivity index (χ4n) is 3.87. The highest BCUT2D eigenvalue weighted by molar-refractivity contribution is 5.77. The van der Waals surface area contributed by atoms with E-state index in [9.17, 15) is 4.79 Å². The summed E-state index contributed by atoms with van der Waals surface area (Å²) in [6.07, 6.45) is 12.4. The van der Waals surface area contributed by atoms with E-state index in [4.69, 9.17) is 0 Å². The molecule has 0 spiro atoms. The van der Waals surface area contributed by atoms with Crippen molar-refractivity contribution in [2.45, 2.75) is 64.5 Å². The van der Waals surface area contributed by atoms with E-state index in [1.807, 2.05) is 12.3 Å². The average Bonchev–Trinajstić information content (AvgIpc) is 3.00. The summed E-state index contributed by atoms with van der Waals surface area (Å²) in [5, 5.41) is 0. The van der Waals surface area contributed by atoms with Gasteiger partial charge in [-0.1, -0.05) is 18.2 Å². The quantitative estimate of drug-likeness (QED) is 0.786. The Hall–Kier alpha value is -1.64. The number of hydrogen-bond acceptors (Lipinski definition) is 2. The summed E-state index contributed by atoms with van der Waals surface area (Å²) in [6, 6.07) is 4.54. The molecule has 22 heavy (non-hydrogen) atoms. The lowest BCUT2D eigenvalue weighted by Crippen LogP contribution is -2.42. The van der Waals surface area contributed by atoms with Crippen LogP contribution in [0.25, 0.3) is 0 Å². The third-order valence-electron chi connectivity index (χ3n) is 4.89. The number of aromatic nitrogens is 1. The molecule has 3 rings (SSSR count). The van der Waals surface area contributed by atoms with Crippen molar-refractivity contribution in [1.29, 1.82) is 0 Å². The van der Waals surface area contributed by atoms with E-state index in [-0.39, 0.29) is 18.0 Å². The number of fused-ring (bicyclic) bond motifs is 1. The Morgan fingerprint density at radius 2 is 2.27 bits per heavy atom. The molecule has 0 bridgehead atoms. The van der Waals surface area contributed by atoms with Crippen LogP contribution >= 0.6 is 0 Å². The third kappa shape index (κ3) is 3.08. The monoisotopic (exact) mass is 298 g/mol. The number of amides is 1. The maximum atomic E-state index is 12.9. The number of hydrogen-bond donors (Lipinski definition) is 0. The van der Waals surface area contributed by atoms with Crippen LogP contribution in [-0.4, -0.2) is 21.8 Å². The Morgan fingerprint density at radius 1 is 1.41 bits per heavy atom. The average molecular weight is 298 g/mol. The predicted octanol–water partition coefficient (Wildman–Crippen LogP) is 4.05. The maximum Gasteiger partial charge on any atom is 0.223 e. The first-order chi connectivity index (χ1) is 10.7. The molecule has 2 atom stereocenters. The zero-order valence-corrected chi connectivity index (χ0v) is 13.7. The Morgan fingerprint density at radius 3 is 3.00 bits per heavy atom. The summed E-state index contributed by atoms with van der Waals surface area (Å²) in [5.41, 5.74) is 2.44. The second-order valence-electron chi connectivity index (χ2n) is 6.82. The van der Waals surface area contributed by atoms with E-state index in [2.05, 4.69) is 41.9 Å². The first-order valence-corrected chi connectivity index (χ1v) is 8.58. The molecule has 0 N–H and O–H groups in total. The largest absolute Gasteiger partial charge is 0.332 e. The fraction of sp³-hybridized carbons (Fsp3) is 0.579. The number of allylic oxidation sites excluding steroid dienone is 2. The van der Waals surface area contributed by atoms with E-state index in [0.29, 0.717) is 12.3 Å². The number of rotatable bonds is 4. The smallest absolute Gasteiger partial charge is 0.223 e. The molecule has 0 unspecified atom stereocenters. The van der Waals surface area contributed by atoms with E-state index in [1.54, 1.807) is 0 Å². The van der Waals surface area contributed by atoms with Crippen molar-refractivity contribution in [2.75, 3.05) is 0 Å². The molecule has 3 heteroatoms. The first kappa shape index (κ1) is 15.3. The maximum absolute atomic E-state index is 12.9. The van der Waals surface area contributed by atoms with E-state index < -0.39 is 0 Å². The van der Waals surface area contributed by atoms with Crippen LogP contribution in [0.4, 0.5) is 0 Å². The zero-order chi connectivity index (χ0) is 15.5. The van der Waals surface area contributed by atoms with Crippen molar-refractivity contribution < 1.29 is 4.79 Å². The molecule has 1 aromatic rings. The van der Waals surface area contributed by atoms with Gasteiger partial charge in [-0.25, -0.2) is 0 Å². The van der Waals surface area contributed by atoms with E-state index >= 15 is 0 Å². The Balaban J connectivity index is 1.82. The van der Waals surface area contributed by atoms with Gasteiger partial charge in [-0.2, -0.15) is 0 Å². The molecule has 0 aromatic carbocycles. The van der Waals surface area contributed by atoms with Crippen LogP contribution in [0.1, 0.15) is 63.3 Å². The zero-order valence-electron chi connectivity index (χ0n) is 13.7. The normalized spacial score (nSPS) is 23.6. The van der Waals surface area contributed by atoms with Crippen molar-refractivity contribution in [3.8, 4) is 0 Å². The SMILES string of the molecule is CC(C)N(C(=O)C[C@H]1C=CCC1)[C@H]1CCCc2cccnc21. The minimum atomic E-state index is 0.155. The first-order valence-electron chi connectivity index (χ1n) is 8.58. The molecule has 2 aliphatic rings. The number of pyridine rings is 1. The van der Waals surface area contributed by atoms with Gasteiger partial charge >= 0.3 is 0 Å². The van der Waals surface area contributed by atoms with Crippen LogP contribution in [0, 0.1) is 5.92 Å². The minimum Gasteiger partial charge on any atom is -0.332 e. The van der Waals surface area contributed by atoms with Gasteiger partial charge in [-0.05, 0) is 63.5 Å². The van der Waals surface area contributed by atoms with Crippen LogP contribution in [0.3, 0.4) is 0 Å². The van der Waals surface area contributed by atoms with Crippen LogP contribution < -0.4 is 0 Å². The molecule has 0 fully saturated rings. The van der Waals surface area contributed by atoms with Gasteiger partial charge in [0.25, 0.3) is 0 Å². The summed E-state index contributed by atoms with van der Waals surface area (Å²) < 4.78 is 0. The number of aryl methyl sites for hydroxylation is 1. The summed E-state index contributed by atoms with van der Waals surface area (Å²) in [4.78, 5) is 19.6. The molecule has 0 saturated heterocycles. The van der Waals surface area contributed by atoms with Crippen molar-refractivity contribution in [1.82, 2.24) is 9.88 Å². The van der Waals surface area contributed by atoms with Gasteiger partial charge in [-0.15, -0.1) is 0 Å². The summed E-state index contributed by atoms with van der Waals surface area (Å²) >= 11 is 0. The summed E-state index contributed by atoms with van der Waals surface area (Å²) in [5.74, 6) is 0.718. The fourth-order valence-corrected chi connectivity index (χ4v) is 3.87. The summed E-state index contributed by atoms with van der Waals surface area (Å²) in [6.45, 7) is 4.25. The summed E-state index contributed by atoms with van der Waals surface area (Å²) in [7, 11) is 0. The molecule has 1 heterocycles. The van der Waals surface area contributed by atoms with E-state index in [1.165, 1.54) is 5.56 Å². The molecule has 1 aromatic heterocycles. The third-order valence-corrected chi connectivity index (χ3v) is 4.89. The van der Waals surface area contributed by atoms with Crippen molar-refractivity contribution >= 4 is 5.91 Å². The van der Waals surface area contributed by atoms with Crippen LogP contribution in [-0.2, 0) is 11.2 Å². The van der Waals surface area contributed by atoms with E-state index in [0.717, 1.165) is 37.8 Å². The predicted molar refractivity (Wildman–Crippen MR) is 88.4 cm³/mol.